The average Bonchev–Trinajstić information content (AvgIpc) is 3.34. The van der Waals surface area contributed by atoms with Gasteiger partial charge in [0.05, 0.1) is 17.1 Å². The molecule has 0 aliphatic rings. The molecule has 140 valence electrons. The fraction of sp³-hybridized carbons (Fsp3) is 0.100. The lowest BCUT2D eigenvalue weighted by molar-refractivity contribution is -0.113. The summed E-state index contributed by atoms with van der Waals surface area (Å²) in [6.45, 7) is 1.90. The third-order valence-corrected chi connectivity index (χ3v) is 4.93. The molecule has 0 radical (unpaired) electrons. The molecule has 0 saturated heterocycles. The molecule has 0 aliphatic carbocycles. The van der Waals surface area contributed by atoms with Crippen LogP contribution in [0.5, 0.6) is 0 Å². The number of aryl methyl sites for hydroxylation is 1. The van der Waals surface area contributed by atoms with Crippen LogP contribution in [-0.4, -0.2) is 36.2 Å². The second-order valence-corrected chi connectivity index (χ2v) is 7.02. The van der Waals surface area contributed by atoms with E-state index in [0.717, 1.165) is 17.1 Å². The van der Waals surface area contributed by atoms with E-state index >= 15 is 0 Å². The second kappa shape index (κ2) is 8.10. The molecule has 1 N–H and O–H groups in total. The van der Waals surface area contributed by atoms with Crippen LogP contribution in [0.4, 0.5) is 5.82 Å². The molecule has 8 heteroatoms. The van der Waals surface area contributed by atoms with E-state index in [1.54, 1.807) is 11.0 Å². The number of hydrogen-bond donors (Lipinski definition) is 1. The van der Waals surface area contributed by atoms with Crippen molar-refractivity contribution in [3.8, 4) is 11.4 Å². The van der Waals surface area contributed by atoms with E-state index in [1.807, 2.05) is 78.2 Å². The Hall–Kier alpha value is -3.39. The van der Waals surface area contributed by atoms with E-state index in [2.05, 4.69) is 20.6 Å². The predicted octanol–water partition coefficient (Wildman–Crippen LogP) is 3.49. The molecule has 4 rings (SSSR count). The first kappa shape index (κ1) is 18.0. The Morgan fingerprint density at radius 3 is 2.43 bits per heavy atom. The van der Waals surface area contributed by atoms with E-state index in [0.29, 0.717) is 11.0 Å². The van der Waals surface area contributed by atoms with Gasteiger partial charge in [0, 0.05) is 11.8 Å². The molecule has 0 saturated carbocycles. The van der Waals surface area contributed by atoms with E-state index in [-0.39, 0.29) is 11.7 Å². The molecule has 4 aromatic rings. The number of anilines is 1. The summed E-state index contributed by atoms with van der Waals surface area (Å²) < 4.78 is 3.58. The first-order valence-corrected chi connectivity index (χ1v) is 9.69. The van der Waals surface area contributed by atoms with Crippen molar-refractivity contribution in [1.29, 1.82) is 0 Å². The molecule has 0 bridgehead atoms. The molecule has 0 atom stereocenters. The number of para-hydroxylation sites is 2. The minimum Gasteiger partial charge on any atom is -0.310 e. The van der Waals surface area contributed by atoms with Gasteiger partial charge >= 0.3 is 0 Å². The lowest BCUT2D eigenvalue weighted by atomic mass is 10.3. The Labute approximate surface area is 166 Å². The van der Waals surface area contributed by atoms with Gasteiger partial charge in [0.25, 0.3) is 0 Å². The van der Waals surface area contributed by atoms with Gasteiger partial charge in [0.15, 0.2) is 5.16 Å². The fourth-order valence-corrected chi connectivity index (χ4v) is 3.48. The maximum Gasteiger partial charge on any atom is 0.236 e. The van der Waals surface area contributed by atoms with Gasteiger partial charge in [-0.25, -0.2) is 4.68 Å². The highest BCUT2D eigenvalue weighted by atomic mass is 32.2. The summed E-state index contributed by atoms with van der Waals surface area (Å²) in [4.78, 5) is 12.5. The highest BCUT2D eigenvalue weighted by molar-refractivity contribution is 7.99. The average molecular weight is 390 g/mol. The zero-order chi connectivity index (χ0) is 19.3. The number of rotatable bonds is 6. The molecule has 7 nitrogen and oxygen atoms in total. The number of nitrogens with one attached hydrogen (secondary N) is 1. The Kier molecular flexibility index (Phi) is 5.20. The van der Waals surface area contributed by atoms with Crippen LogP contribution >= 0.6 is 11.8 Å². The third-order valence-electron chi connectivity index (χ3n) is 3.98. The van der Waals surface area contributed by atoms with E-state index in [4.69, 9.17) is 0 Å². The maximum atomic E-state index is 12.5. The van der Waals surface area contributed by atoms with E-state index in [1.165, 1.54) is 11.8 Å². The summed E-state index contributed by atoms with van der Waals surface area (Å²) in [6.07, 6.45) is 1.64. The monoisotopic (exact) mass is 390 g/mol. The number of hydrogen-bond acceptors (Lipinski definition) is 5. The van der Waals surface area contributed by atoms with Crippen LogP contribution in [0, 0.1) is 6.92 Å². The molecule has 1 amide bonds. The lowest BCUT2D eigenvalue weighted by Crippen LogP contribution is -2.17. The van der Waals surface area contributed by atoms with Crippen molar-refractivity contribution in [3.63, 3.8) is 0 Å². The van der Waals surface area contributed by atoms with Crippen LogP contribution in [0.25, 0.3) is 11.4 Å². The largest absolute Gasteiger partial charge is 0.310 e. The lowest BCUT2D eigenvalue weighted by Gasteiger charge is -2.09. The summed E-state index contributed by atoms with van der Waals surface area (Å²) >= 11 is 1.33. The molecular formula is C20H18N6OS. The van der Waals surface area contributed by atoms with Gasteiger partial charge < -0.3 is 5.32 Å². The molecule has 28 heavy (non-hydrogen) atoms. The van der Waals surface area contributed by atoms with Crippen LogP contribution < -0.4 is 5.32 Å². The highest BCUT2D eigenvalue weighted by Gasteiger charge is 2.13. The minimum atomic E-state index is -0.135. The highest BCUT2D eigenvalue weighted by Crippen LogP contribution is 2.21. The number of aromatic nitrogens is 5. The standard InChI is InChI=1S/C20H18N6OS/c1-15-12-18(26(24-15)17-10-6-3-7-11-17)22-19(27)13-28-20-23-21-14-25(20)16-8-4-2-5-9-16/h2-12,14H,13H2,1H3,(H,22,27). The van der Waals surface area contributed by atoms with Crippen molar-refractivity contribution >= 4 is 23.5 Å². The van der Waals surface area contributed by atoms with Gasteiger partial charge in [0.2, 0.25) is 5.91 Å². The summed E-state index contributed by atoms with van der Waals surface area (Å²) in [5.41, 5.74) is 2.67. The van der Waals surface area contributed by atoms with Crippen LogP contribution in [0.15, 0.2) is 78.2 Å². The summed E-state index contributed by atoms with van der Waals surface area (Å²) in [7, 11) is 0. The van der Waals surface area contributed by atoms with Crippen molar-refractivity contribution in [3.05, 3.63) is 78.8 Å². The topological polar surface area (TPSA) is 77.6 Å². The summed E-state index contributed by atoms with van der Waals surface area (Å²) in [6, 6.07) is 21.3. The normalized spacial score (nSPS) is 10.8. The first-order chi connectivity index (χ1) is 13.7. The van der Waals surface area contributed by atoms with Crippen molar-refractivity contribution in [1.82, 2.24) is 24.5 Å². The number of nitrogens with zero attached hydrogens (tertiary/aromatic N) is 5. The van der Waals surface area contributed by atoms with E-state index < -0.39 is 0 Å². The smallest absolute Gasteiger partial charge is 0.236 e. The predicted molar refractivity (Wildman–Crippen MR) is 109 cm³/mol. The van der Waals surface area contributed by atoms with Crippen molar-refractivity contribution in [2.45, 2.75) is 12.1 Å². The number of amides is 1. The van der Waals surface area contributed by atoms with Gasteiger partial charge in [-0.15, -0.1) is 10.2 Å². The Morgan fingerprint density at radius 2 is 1.71 bits per heavy atom. The molecule has 0 aliphatic heterocycles. The van der Waals surface area contributed by atoms with E-state index in [9.17, 15) is 4.79 Å². The Balaban J connectivity index is 1.45. The fourth-order valence-electron chi connectivity index (χ4n) is 2.75. The van der Waals surface area contributed by atoms with Crippen LogP contribution in [0.2, 0.25) is 0 Å². The molecule has 2 aromatic heterocycles. The van der Waals surface area contributed by atoms with Gasteiger partial charge in [0.1, 0.15) is 12.1 Å². The Bertz CT molecular complexity index is 1070. The number of carbonyl (C=O) groups is 1. The third kappa shape index (κ3) is 3.96. The number of thioether (sulfide) groups is 1. The van der Waals surface area contributed by atoms with Crippen LogP contribution in [-0.2, 0) is 4.79 Å². The summed E-state index contributed by atoms with van der Waals surface area (Å²) in [5, 5.41) is 16.1. The Morgan fingerprint density at radius 1 is 1.04 bits per heavy atom. The number of benzene rings is 2. The minimum absolute atomic E-state index is 0.135. The molecule has 0 unspecified atom stereocenters. The zero-order valence-electron chi connectivity index (χ0n) is 15.2. The maximum absolute atomic E-state index is 12.5. The molecule has 2 heterocycles. The van der Waals surface area contributed by atoms with Gasteiger partial charge in [-0.3, -0.25) is 9.36 Å². The molecule has 2 aromatic carbocycles. The summed E-state index contributed by atoms with van der Waals surface area (Å²) in [5.74, 6) is 0.716. The van der Waals surface area contributed by atoms with Crippen molar-refractivity contribution in [2.24, 2.45) is 0 Å². The van der Waals surface area contributed by atoms with Crippen molar-refractivity contribution < 1.29 is 4.79 Å². The molecular weight excluding hydrogens is 372 g/mol. The molecule has 0 fully saturated rings. The SMILES string of the molecule is Cc1cc(NC(=O)CSc2nncn2-c2ccccc2)n(-c2ccccc2)n1. The van der Waals surface area contributed by atoms with Crippen LogP contribution in [0.1, 0.15) is 5.69 Å². The second-order valence-electron chi connectivity index (χ2n) is 6.07. The molecule has 0 spiro atoms. The van der Waals surface area contributed by atoms with Crippen molar-refractivity contribution in [2.75, 3.05) is 11.1 Å². The number of carbonyl (C=O) groups excluding carboxylic acids is 1. The van der Waals surface area contributed by atoms with Gasteiger partial charge in [-0.05, 0) is 31.2 Å². The zero-order valence-corrected chi connectivity index (χ0v) is 16.0. The van der Waals surface area contributed by atoms with Gasteiger partial charge in [-0.2, -0.15) is 5.10 Å². The quantitative estimate of drug-likeness (QED) is 0.510. The first-order valence-electron chi connectivity index (χ1n) is 8.71. The van der Waals surface area contributed by atoms with Crippen LogP contribution in [0.3, 0.4) is 0 Å². The van der Waals surface area contributed by atoms with Gasteiger partial charge in [-0.1, -0.05) is 48.2 Å².